The average molecular weight is 319 g/mol. The zero-order valence-corrected chi connectivity index (χ0v) is 13.6. The third-order valence-electron chi connectivity index (χ3n) is 4.73. The molecule has 0 spiro atoms. The lowest BCUT2D eigenvalue weighted by molar-refractivity contribution is -0.139. The van der Waals surface area contributed by atoms with Crippen LogP contribution < -0.4 is 5.32 Å². The third-order valence-corrected chi connectivity index (χ3v) is 4.73. The van der Waals surface area contributed by atoms with E-state index in [1.54, 1.807) is 0 Å². The van der Waals surface area contributed by atoms with Crippen molar-refractivity contribution >= 4 is 12.1 Å². The number of rotatable bonds is 5. The van der Waals surface area contributed by atoms with Gasteiger partial charge in [0.05, 0.1) is 12.0 Å². The predicted octanol–water partition coefficient (Wildman–Crippen LogP) is 3.73. The van der Waals surface area contributed by atoms with Crippen LogP contribution in [0.15, 0.2) is 30.3 Å². The van der Waals surface area contributed by atoms with Gasteiger partial charge in [0.25, 0.3) is 0 Å². The van der Waals surface area contributed by atoms with Gasteiger partial charge < -0.3 is 15.2 Å². The highest BCUT2D eigenvalue weighted by Gasteiger charge is 2.40. The second kappa shape index (κ2) is 7.99. The number of carbonyl (C=O) groups is 2. The van der Waals surface area contributed by atoms with Gasteiger partial charge >= 0.3 is 12.1 Å². The number of carboxylic acid groups (broad SMARTS) is 1. The molecule has 1 aliphatic carbocycles. The summed E-state index contributed by atoms with van der Waals surface area (Å²) in [5.41, 5.74) is 0.194. The first-order chi connectivity index (χ1) is 11.0. The molecule has 1 aromatic rings. The summed E-state index contributed by atoms with van der Waals surface area (Å²) in [5, 5.41) is 12.2. The van der Waals surface area contributed by atoms with Crippen molar-refractivity contribution in [2.24, 2.45) is 5.92 Å². The van der Waals surface area contributed by atoms with Crippen LogP contribution in [0.2, 0.25) is 0 Å². The highest BCUT2D eigenvalue weighted by Crippen LogP contribution is 2.35. The number of hydrogen-bond donors (Lipinski definition) is 2. The first-order valence-corrected chi connectivity index (χ1v) is 8.22. The smallest absolute Gasteiger partial charge is 0.407 e. The zero-order valence-electron chi connectivity index (χ0n) is 13.6. The molecule has 2 unspecified atom stereocenters. The first-order valence-electron chi connectivity index (χ1n) is 8.22. The molecular weight excluding hydrogens is 294 g/mol. The molecule has 126 valence electrons. The molecular formula is C18H25NO4. The van der Waals surface area contributed by atoms with Crippen molar-refractivity contribution in [3.8, 4) is 0 Å². The summed E-state index contributed by atoms with van der Waals surface area (Å²) in [4.78, 5) is 23.5. The van der Waals surface area contributed by atoms with Crippen LogP contribution in [0.25, 0.3) is 0 Å². The number of benzene rings is 1. The lowest BCUT2D eigenvalue weighted by atomic mass is 9.78. The van der Waals surface area contributed by atoms with Gasteiger partial charge in [-0.15, -0.1) is 0 Å². The van der Waals surface area contributed by atoms with Crippen molar-refractivity contribution in [1.29, 1.82) is 0 Å². The second-order valence-electron chi connectivity index (χ2n) is 6.41. The Balaban J connectivity index is 2.01. The Kier molecular flexibility index (Phi) is 6.02. The van der Waals surface area contributed by atoms with E-state index in [9.17, 15) is 14.7 Å². The van der Waals surface area contributed by atoms with Gasteiger partial charge in [-0.05, 0) is 24.3 Å². The summed E-state index contributed by atoms with van der Waals surface area (Å²) in [6.45, 7) is 2.20. The lowest BCUT2D eigenvalue weighted by Gasteiger charge is -2.37. The number of hydrogen-bond acceptors (Lipinski definition) is 3. The van der Waals surface area contributed by atoms with E-state index in [0.29, 0.717) is 6.42 Å². The zero-order chi connectivity index (χ0) is 16.7. The highest BCUT2D eigenvalue weighted by atomic mass is 16.5. The number of aliphatic carboxylic acids is 1. The average Bonchev–Trinajstić information content (AvgIpc) is 2.68. The van der Waals surface area contributed by atoms with Crippen LogP contribution in [0.1, 0.15) is 51.0 Å². The van der Waals surface area contributed by atoms with Crippen LogP contribution >= 0.6 is 0 Å². The summed E-state index contributed by atoms with van der Waals surface area (Å²) in [7, 11) is 0. The monoisotopic (exact) mass is 319 g/mol. The van der Waals surface area contributed by atoms with Crippen LogP contribution in [-0.4, -0.2) is 22.7 Å². The molecule has 0 bridgehead atoms. The van der Waals surface area contributed by atoms with Crippen molar-refractivity contribution in [2.75, 3.05) is 0 Å². The fraction of sp³-hybridized carbons (Fsp3) is 0.556. The van der Waals surface area contributed by atoms with E-state index >= 15 is 0 Å². The van der Waals surface area contributed by atoms with Crippen molar-refractivity contribution in [3.05, 3.63) is 35.9 Å². The molecule has 0 saturated heterocycles. The summed E-state index contributed by atoms with van der Waals surface area (Å²) in [6, 6.07) is 9.44. The number of carboxylic acids is 1. The van der Waals surface area contributed by atoms with Gasteiger partial charge in [0, 0.05) is 0 Å². The molecule has 1 saturated carbocycles. The minimum Gasteiger partial charge on any atom is -0.481 e. The van der Waals surface area contributed by atoms with E-state index in [4.69, 9.17) is 4.74 Å². The summed E-state index contributed by atoms with van der Waals surface area (Å²) < 4.78 is 5.28. The highest BCUT2D eigenvalue weighted by molar-refractivity contribution is 5.72. The van der Waals surface area contributed by atoms with Crippen LogP contribution in [0.3, 0.4) is 0 Å². The van der Waals surface area contributed by atoms with Crippen LogP contribution in [0, 0.1) is 5.92 Å². The normalized spacial score (nSPS) is 24.5. The third kappa shape index (κ3) is 4.98. The molecule has 5 nitrogen and oxygen atoms in total. The minimum atomic E-state index is -0.887. The maximum absolute atomic E-state index is 12.2. The lowest BCUT2D eigenvalue weighted by Crippen LogP contribution is -2.54. The Bertz CT molecular complexity index is 531. The van der Waals surface area contributed by atoms with E-state index < -0.39 is 17.6 Å². The Morgan fingerprint density at radius 3 is 2.70 bits per heavy atom. The van der Waals surface area contributed by atoms with Crippen LogP contribution in [0.4, 0.5) is 4.79 Å². The largest absolute Gasteiger partial charge is 0.481 e. The molecule has 1 fully saturated rings. The molecule has 2 atom stereocenters. The van der Waals surface area contributed by atoms with E-state index in [1.807, 2.05) is 37.3 Å². The summed E-state index contributed by atoms with van der Waals surface area (Å²) >= 11 is 0. The fourth-order valence-corrected chi connectivity index (χ4v) is 3.32. The second-order valence-corrected chi connectivity index (χ2v) is 6.41. The van der Waals surface area contributed by atoms with Crippen molar-refractivity contribution in [1.82, 2.24) is 5.32 Å². The van der Waals surface area contributed by atoms with E-state index in [-0.39, 0.29) is 18.9 Å². The molecule has 1 aliphatic rings. The van der Waals surface area contributed by atoms with Gasteiger partial charge in [-0.1, -0.05) is 56.5 Å². The molecule has 2 N–H and O–H groups in total. The van der Waals surface area contributed by atoms with Gasteiger partial charge in [0.2, 0.25) is 0 Å². The molecule has 5 heteroatoms. The SMILES string of the molecule is CC1CCCCCC1(CC(=O)O)NC(=O)OCc1ccccc1. The van der Waals surface area contributed by atoms with Crippen LogP contribution in [-0.2, 0) is 16.1 Å². The van der Waals surface area contributed by atoms with Crippen LogP contribution in [0.5, 0.6) is 0 Å². The van der Waals surface area contributed by atoms with Gasteiger partial charge in [-0.3, -0.25) is 4.79 Å². The Labute approximate surface area is 137 Å². The topological polar surface area (TPSA) is 75.6 Å². The molecule has 0 aromatic heterocycles. The van der Waals surface area contributed by atoms with Crippen molar-refractivity contribution in [3.63, 3.8) is 0 Å². The fourth-order valence-electron chi connectivity index (χ4n) is 3.32. The Hall–Kier alpha value is -2.04. The predicted molar refractivity (Wildman–Crippen MR) is 87.0 cm³/mol. The van der Waals surface area contributed by atoms with Gasteiger partial charge in [-0.2, -0.15) is 0 Å². The van der Waals surface area contributed by atoms with Gasteiger partial charge in [0.1, 0.15) is 6.61 Å². The van der Waals surface area contributed by atoms with E-state index in [2.05, 4.69) is 5.32 Å². The first kappa shape index (κ1) is 17.3. The van der Waals surface area contributed by atoms with E-state index in [1.165, 1.54) is 0 Å². The standard InChI is InChI=1S/C18H25NO4/c1-14-8-4-3-7-11-18(14,12-16(20)21)19-17(22)23-13-15-9-5-2-6-10-15/h2,5-6,9-10,14H,3-4,7-8,11-13H2,1H3,(H,19,22)(H,20,21). The molecule has 1 amide bonds. The maximum Gasteiger partial charge on any atom is 0.407 e. The van der Waals surface area contributed by atoms with E-state index in [0.717, 1.165) is 31.2 Å². The number of amides is 1. The Morgan fingerprint density at radius 1 is 1.26 bits per heavy atom. The van der Waals surface area contributed by atoms with Crippen molar-refractivity contribution in [2.45, 2.75) is 57.6 Å². The molecule has 1 aromatic carbocycles. The minimum absolute atomic E-state index is 0.0609. The molecule has 2 rings (SSSR count). The summed E-state index contributed by atoms with van der Waals surface area (Å²) in [6.07, 6.45) is 4.08. The summed E-state index contributed by atoms with van der Waals surface area (Å²) in [5.74, 6) is -0.771. The van der Waals surface area contributed by atoms with Gasteiger partial charge in [0.15, 0.2) is 0 Å². The molecule has 0 heterocycles. The molecule has 23 heavy (non-hydrogen) atoms. The number of nitrogens with one attached hydrogen (secondary N) is 1. The number of carbonyl (C=O) groups excluding carboxylic acids is 1. The maximum atomic E-state index is 12.2. The number of alkyl carbamates (subject to hydrolysis) is 1. The Morgan fingerprint density at radius 2 is 2.00 bits per heavy atom. The number of ether oxygens (including phenoxy) is 1. The van der Waals surface area contributed by atoms with Gasteiger partial charge in [-0.25, -0.2) is 4.79 Å². The molecule has 0 radical (unpaired) electrons. The quantitative estimate of drug-likeness (QED) is 0.811. The van der Waals surface area contributed by atoms with Crippen molar-refractivity contribution < 1.29 is 19.4 Å². The molecule has 0 aliphatic heterocycles.